The number of halogens is 3. The highest BCUT2D eigenvalue weighted by Crippen LogP contribution is 2.39. The number of rotatable bonds is 4. The number of aromatic nitrogens is 1. The van der Waals surface area contributed by atoms with Gasteiger partial charge in [-0.1, -0.05) is 24.3 Å². The van der Waals surface area contributed by atoms with Crippen LogP contribution in [-0.2, 0) is 26.9 Å². The number of ether oxygens (including phenoxy) is 2. The first kappa shape index (κ1) is 18.8. The minimum atomic E-state index is -4.84. The molecular formula is C19H16F3NO4. The minimum Gasteiger partial charge on any atom is -0.466 e. The predicted molar refractivity (Wildman–Crippen MR) is 91.6 cm³/mol. The van der Waals surface area contributed by atoms with Crippen molar-refractivity contribution in [3.05, 3.63) is 53.2 Å². The van der Waals surface area contributed by atoms with Gasteiger partial charge >= 0.3 is 18.1 Å². The molecule has 1 aromatic carbocycles. The Bertz CT molecular complexity index is 1040. The lowest BCUT2D eigenvalue weighted by atomic mass is 10.1. The van der Waals surface area contributed by atoms with E-state index in [1.807, 2.05) is 0 Å². The molecule has 142 valence electrons. The predicted octanol–water partition coefficient (Wildman–Crippen LogP) is 4.00. The second-order valence-electron chi connectivity index (χ2n) is 5.79. The van der Waals surface area contributed by atoms with Crippen LogP contribution in [0.3, 0.4) is 0 Å². The molecule has 0 amide bonds. The lowest BCUT2D eigenvalue weighted by Gasteiger charge is -2.11. The highest BCUT2D eigenvalue weighted by Gasteiger charge is 2.42. The van der Waals surface area contributed by atoms with E-state index < -0.39 is 35.8 Å². The summed E-state index contributed by atoms with van der Waals surface area (Å²) >= 11 is 0. The van der Waals surface area contributed by atoms with Crippen molar-refractivity contribution < 1.29 is 32.2 Å². The van der Waals surface area contributed by atoms with Crippen LogP contribution in [0.25, 0.3) is 16.4 Å². The summed E-state index contributed by atoms with van der Waals surface area (Å²) in [6.07, 6.45) is -5.32. The molecule has 2 aromatic heterocycles. The van der Waals surface area contributed by atoms with Gasteiger partial charge in [0.05, 0.1) is 36.7 Å². The largest absolute Gasteiger partial charge is 0.466 e. The molecule has 0 radical (unpaired) electrons. The number of carbonyl (C=O) groups is 2. The lowest BCUT2D eigenvalue weighted by Crippen LogP contribution is -2.17. The Balaban J connectivity index is 2.46. The van der Waals surface area contributed by atoms with Gasteiger partial charge in [0.2, 0.25) is 0 Å². The SMILES string of the molecule is CCOC(=O)Cc1c(C(=O)OC)c(C(F)(F)F)n2c1ccc1ccccc12. The third kappa shape index (κ3) is 3.22. The van der Waals surface area contributed by atoms with Gasteiger partial charge in [0.15, 0.2) is 0 Å². The van der Waals surface area contributed by atoms with Crippen LogP contribution in [0.1, 0.15) is 28.5 Å². The summed E-state index contributed by atoms with van der Waals surface area (Å²) in [5.41, 5.74) is -1.54. The second-order valence-corrected chi connectivity index (χ2v) is 5.79. The summed E-state index contributed by atoms with van der Waals surface area (Å²) < 4.78 is 52.3. The summed E-state index contributed by atoms with van der Waals surface area (Å²) in [6.45, 7) is 1.67. The van der Waals surface area contributed by atoms with E-state index in [4.69, 9.17) is 4.74 Å². The second kappa shape index (κ2) is 6.94. The molecule has 0 fully saturated rings. The third-order valence-electron chi connectivity index (χ3n) is 4.20. The van der Waals surface area contributed by atoms with E-state index in [0.29, 0.717) is 5.39 Å². The summed E-state index contributed by atoms with van der Waals surface area (Å²) in [4.78, 5) is 24.2. The van der Waals surface area contributed by atoms with Crippen molar-refractivity contribution in [2.75, 3.05) is 13.7 Å². The number of alkyl halides is 3. The first-order chi connectivity index (χ1) is 12.8. The number of pyridine rings is 1. The molecule has 0 N–H and O–H groups in total. The first-order valence-electron chi connectivity index (χ1n) is 8.15. The molecule has 0 atom stereocenters. The van der Waals surface area contributed by atoms with Gasteiger partial charge < -0.3 is 13.9 Å². The Kier molecular flexibility index (Phi) is 4.82. The van der Waals surface area contributed by atoms with Gasteiger partial charge in [0.25, 0.3) is 0 Å². The molecule has 27 heavy (non-hydrogen) atoms. The van der Waals surface area contributed by atoms with Crippen molar-refractivity contribution in [2.24, 2.45) is 0 Å². The Morgan fingerprint density at radius 3 is 2.41 bits per heavy atom. The molecule has 2 heterocycles. The summed E-state index contributed by atoms with van der Waals surface area (Å²) in [7, 11) is 0.997. The minimum absolute atomic E-state index is 0.0709. The molecule has 0 saturated heterocycles. The lowest BCUT2D eigenvalue weighted by molar-refractivity contribution is -0.143. The average Bonchev–Trinajstić information content (AvgIpc) is 2.96. The van der Waals surface area contributed by atoms with Crippen molar-refractivity contribution in [3.63, 3.8) is 0 Å². The number of methoxy groups -OCH3 is 1. The van der Waals surface area contributed by atoms with E-state index in [1.165, 1.54) is 12.1 Å². The number of esters is 2. The van der Waals surface area contributed by atoms with Gasteiger partial charge in [-0.05, 0) is 24.4 Å². The van der Waals surface area contributed by atoms with Crippen molar-refractivity contribution in [1.29, 1.82) is 0 Å². The fraction of sp³-hybridized carbons (Fsp3) is 0.263. The van der Waals surface area contributed by atoms with Crippen molar-refractivity contribution in [2.45, 2.75) is 19.5 Å². The van der Waals surface area contributed by atoms with Crippen molar-refractivity contribution in [1.82, 2.24) is 4.40 Å². The van der Waals surface area contributed by atoms with Crippen LogP contribution < -0.4 is 0 Å². The van der Waals surface area contributed by atoms with Gasteiger partial charge in [-0.15, -0.1) is 0 Å². The quantitative estimate of drug-likeness (QED) is 0.643. The maximum atomic E-state index is 14.0. The number of nitrogens with zero attached hydrogens (tertiary/aromatic N) is 1. The number of para-hydroxylation sites is 1. The number of fused-ring (bicyclic) bond motifs is 3. The summed E-state index contributed by atoms with van der Waals surface area (Å²) in [6, 6.07) is 9.58. The zero-order valence-corrected chi connectivity index (χ0v) is 14.6. The maximum Gasteiger partial charge on any atom is 0.432 e. The van der Waals surface area contributed by atoms with E-state index in [2.05, 4.69) is 4.74 Å². The van der Waals surface area contributed by atoms with Crippen LogP contribution in [0.2, 0.25) is 0 Å². The summed E-state index contributed by atoms with van der Waals surface area (Å²) in [5.74, 6) is -1.88. The van der Waals surface area contributed by atoms with E-state index in [-0.39, 0.29) is 23.2 Å². The highest BCUT2D eigenvalue weighted by molar-refractivity contribution is 5.99. The third-order valence-corrected chi connectivity index (χ3v) is 4.20. The standard InChI is InChI=1S/C19H16F3NO4/c1-3-27-15(24)10-12-14-9-8-11-6-4-5-7-13(11)23(14)17(19(20,21)22)16(12)18(25)26-2/h4-9H,3,10H2,1-2H3. The van der Waals surface area contributed by atoms with Gasteiger partial charge in [0, 0.05) is 5.56 Å². The fourth-order valence-corrected chi connectivity index (χ4v) is 3.19. The molecular weight excluding hydrogens is 363 g/mol. The number of benzene rings is 1. The zero-order chi connectivity index (χ0) is 19.8. The van der Waals surface area contributed by atoms with Crippen LogP contribution in [0.15, 0.2) is 36.4 Å². The number of hydrogen-bond acceptors (Lipinski definition) is 4. The van der Waals surface area contributed by atoms with E-state index in [0.717, 1.165) is 11.5 Å². The topological polar surface area (TPSA) is 57.0 Å². The maximum absolute atomic E-state index is 14.0. The van der Waals surface area contributed by atoms with Gasteiger partial charge in [-0.25, -0.2) is 4.79 Å². The zero-order valence-electron chi connectivity index (χ0n) is 14.6. The molecule has 5 nitrogen and oxygen atoms in total. The first-order valence-corrected chi connectivity index (χ1v) is 8.15. The molecule has 0 saturated carbocycles. The van der Waals surface area contributed by atoms with Crippen molar-refractivity contribution in [3.8, 4) is 0 Å². The molecule has 0 unspecified atom stereocenters. The normalized spacial score (nSPS) is 11.7. The van der Waals surface area contributed by atoms with E-state index >= 15 is 0 Å². The molecule has 8 heteroatoms. The summed E-state index contributed by atoms with van der Waals surface area (Å²) in [5, 5.41) is 0.560. The molecule has 0 aliphatic heterocycles. The molecule has 0 spiro atoms. The fourth-order valence-electron chi connectivity index (χ4n) is 3.19. The molecule has 0 aliphatic rings. The van der Waals surface area contributed by atoms with E-state index in [1.54, 1.807) is 31.2 Å². The average molecular weight is 379 g/mol. The van der Waals surface area contributed by atoms with Crippen LogP contribution in [0.5, 0.6) is 0 Å². The molecule has 3 rings (SSSR count). The molecule has 0 aliphatic carbocycles. The van der Waals surface area contributed by atoms with Gasteiger partial charge in [-0.2, -0.15) is 13.2 Å². The Hall–Kier alpha value is -3.03. The van der Waals surface area contributed by atoms with Crippen LogP contribution in [0, 0.1) is 0 Å². The molecule has 3 aromatic rings. The van der Waals surface area contributed by atoms with Crippen LogP contribution >= 0.6 is 0 Å². The van der Waals surface area contributed by atoms with Crippen LogP contribution in [0.4, 0.5) is 13.2 Å². The Morgan fingerprint density at radius 1 is 1.07 bits per heavy atom. The Morgan fingerprint density at radius 2 is 1.78 bits per heavy atom. The monoisotopic (exact) mass is 379 g/mol. The molecule has 0 bridgehead atoms. The highest BCUT2D eigenvalue weighted by atomic mass is 19.4. The van der Waals surface area contributed by atoms with Gasteiger partial charge in [0.1, 0.15) is 5.69 Å². The van der Waals surface area contributed by atoms with Crippen molar-refractivity contribution >= 4 is 28.4 Å². The van der Waals surface area contributed by atoms with E-state index in [9.17, 15) is 22.8 Å². The number of carbonyl (C=O) groups excluding carboxylic acids is 2. The van der Waals surface area contributed by atoms with Crippen LogP contribution in [-0.4, -0.2) is 30.1 Å². The smallest absolute Gasteiger partial charge is 0.432 e. The Labute approximate surface area is 152 Å². The van der Waals surface area contributed by atoms with Gasteiger partial charge in [-0.3, -0.25) is 4.79 Å². The number of hydrogen-bond donors (Lipinski definition) is 0.